The fraction of sp³-hybridized carbons (Fsp3) is 0.579. The van der Waals surface area contributed by atoms with Crippen LogP contribution in [0.2, 0.25) is 0 Å². The van der Waals surface area contributed by atoms with Crippen LogP contribution < -0.4 is 10.6 Å². The summed E-state index contributed by atoms with van der Waals surface area (Å²) in [5.41, 5.74) is 0. The Bertz CT molecular complexity index is 676. The van der Waals surface area contributed by atoms with Crippen LogP contribution in [0, 0.1) is 0 Å². The zero-order valence-corrected chi connectivity index (χ0v) is 20.3. The summed E-state index contributed by atoms with van der Waals surface area (Å²) in [5, 5.41) is 6.36. The molecule has 1 aromatic rings. The number of likely N-dealkylation sites (N-methyl/N-ethyl adjacent to an activating group) is 1. The fourth-order valence-electron chi connectivity index (χ4n) is 2.84. The molecule has 2 rings (SSSR count). The molecular weight excluding hydrogens is 530 g/mol. The summed E-state index contributed by atoms with van der Waals surface area (Å²) >= 11 is 1.69. The maximum atomic E-state index is 12.6. The first-order valence-corrected chi connectivity index (χ1v) is 10.4. The molecule has 1 aromatic carbocycles. The molecule has 1 aliphatic heterocycles. The SMILES string of the molecule is CN(C)C(=O)CN=C(NCCSc1ccccc1)NC1CCN(CC(F)(F)F)C1.I. The molecule has 170 valence electrons. The molecule has 1 aliphatic rings. The molecule has 30 heavy (non-hydrogen) atoms. The summed E-state index contributed by atoms with van der Waals surface area (Å²) in [7, 11) is 3.31. The smallest absolute Gasteiger partial charge is 0.356 e. The standard InChI is InChI=1S/C19H28F3N5OS.HI/c1-26(2)17(28)12-24-18(23-9-11-29-16-6-4-3-5-7-16)25-15-8-10-27(13-15)14-19(20,21)22;/h3-7,15H,8-14H2,1-2H3,(H2,23,24,25);1H. The second-order valence-electron chi connectivity index (χ2n) is 7.02. The van der Waals surface area contributed by atoms with Crippen molar-refractivity contribution in [1.29, 1.82) is 0 Å². The van der Waals surface area contributed by atoms with Crippen LogP contribution in [0.15, 0.2) is 40.2 Å². The fourth-order valence-corrected chi connectivity index (χ4v) is 3.63. The van der Waals surface area contributed by atoms with Gasteiger partial charge in [-0.25, -0.2) is 4.99 Å². The van der Waals surface area contributed by atoms with Gasteiger partial charge in [0.25, 0.3) is 0 Å². The maximum absolute atomic E-state index is 12.6. The third-order valence-electron chi connectivity index (χ3n) is 4.29. The number of nitrogens with zero attached hydrogens (tertiary/aromatic N) is 3. The van der Waals surface area contributed by atoms with Gasteiger partial charge in [0, 0.05) is 50.4 Å². The van der Waals surface area contributed by atoms with Crippen LogP contribution in [0.25, 0.3) is 0 Å². The van der Waals surface area contributed by atoms with Crippen molar-refractivity contribution < 1.29 is 18.0 Å². The molecule has 1 saturated heterocycles. The van der Waals surface area contributed by atoms with Gasteiger partial charge in [-0.05, 0) is 18.6 Å². The Hall–Kier alpha value is -1.21. The molecule has 0 radical (unpaired) electrons. The Morgan fingerprint density at radius 2 is 2.00 bits per heavy atom. The first-order valence-electron chi connectivity index (χ1n) is 9.45. The summed E-state index contributed by atoms with van der Waals surface area (Å²) in [6.45, 7) is 0.358. The monoisotopic (exact) mass is 559 g/mol. The summed E-state index contributed by atoms with van der Waals surface area (Å²) in [6.07, 6.45) is -3.60. The number of hydrogen-bond acceptors (Lipinski definition) is 4. The van der Waals surface area contributed by atoms with Gasteiger partial charge in [0.1, 0.15) is 6.54 Å². The van der Waals surface area contributed by atoms with Crippen LogP contribution >= 0.6 is 35.7 Å². The summed E-state index contributed by atoms with van der Waals surface area (Å²) < 4.78 is 37.8. The van der Waals surface area contributed by atoms with Gasteiger partial charge in [-0.3, -0.25) is 9.69 Å². The number of rotatable bonds is 8. The van der Waals surface area contributed by atoms with Gasteiger partial charge >= 0.3 is 6.18 Å². The molecule has 0 aromatic heterocycles. The molecule has 1 heterocycles. The molecule has 6 nitrogen and oxygen atoms in total. The zero-order chi connectivity index (χ0) is 21.3. The number of likely N-dealkylation sites (tertiary alicyclic amines) is 1. The Balaban J connectivity index is 0.00000450. The van der Waals surface area contributed by atoms with Crippen LogP contribution in [0.3, 0.4) is 0 Å². The van der Waals surface area contributed by atoms with Gasteiger partial charge in [-0.2, -0.15) is 13.2 Å². The molecule has 0 saturated carbocycles. The molecule has 1 atom stereocenters. The molecule has 1 amide bonds. The molecule has 0 aliphatic carbocycles. The van der Waals surface area contributed by atoms with Crippen molar-refractivity contribution in [2.75, 3.05) is 52.6 Å². The van der Waals surface area contributed by atoms with Crippen LogP contribution in [0.4, 0.5) is 13.2 Å². The molecule has 1 unspecified atom stereocenters. The van der Waals surface area contributed by atoms with Crippen LogP contribution in [-0.2, 0) is 4.79 Å². The van der Waals surface area contributed by atoms with E-state index in [2.05, 4.69) is 15.6 Å². The number of benzene rings is 1. The van der Waals surface area contributed by atoms with Crippen molar-refractivity contribution in [3.8, 4) is 0 Å². The van der Waals surface area contributed by atoms with Gasteiger partial charge < -0.3 is 15.5 Å². The van der Waals surface area contributed by atoms with Crippen molar-refractivity contribution in [2.45, 2.75) is 23.5 Å². The van der Waals surface area contributed by atoms with E-state index in [0.29, 0.717) is 32.0 Å². The Labute approximate surface area is 197 Å². The first kappa shape index (κ1) is 26.8. The molecule has 11 heteroatoms. The lowest BCUT2D eigenvalue weighted by molar-refractivity contribution is -0.143. The van der Waals surface area contributed by atoms with E-state index in [1.807, 2.05) is 30.3 Å². The van der Waals surface area contributed by atoms with Gasteiger partial charge in [-0.15, -0.1) is 35.7 Å². The van der Waals surface area contributed by atoms with Crippen LogP contribution in [0.5, 0.6) is 0 Å². The second kappa shape index (κ2) is 13.3. The molecule has 2 N–H and O–H groups in total. The Morgan fingerprint density at radius 1 is 1.30 bits per heavy atom. The van der Waals surface area contributed by atoms with E-state index in [4.69, 9.17) is 0 Å². The minimum absolute atomic E-state index is 0. The summed E-state index contributed by atoms with van der Waals surface area (Å²) in [4.78, 5) is 20.1. The zero-order valence-electron chi connectivity index (χ0n) is 17.1. The van der Waals surface area contributed by atoms with Gasteiger partial charge in [0.2, 0.25) is 5.91 Å². The largest absolute Gasteiger partial charge is 0.401 e. The molecule has 0 spiro atoms. The Kier molecular flexibility index (Phi) is 11.9. The third kappa shape index (κ3) is 10.7. The van der Waals surface area contributed by atoms with E-state index in [-0.39, 0.29) is 42.5 Å². The van der Waals surface area contributed by atoms with Gasteiger partial charge in [0.15, 0.2) is 5.96 Å². The van der Waals surface area contributed by atoms with E-state index >= 15 is 0 Å². The van der Waals surface area contributed by atoms with E-state index in [1.165, 1.54) is 9.80 Å². The predicted molar refractivity (Wildman–Crippen MR) is 126 cm³/mol. The quantitative estimate of drug-likeness (QED) is 0.169. The number of thioether (sulfide) groups is 1. The average Bonchev–Trinajstić information content (AvgIpc) is 3.08. The number of hydrogen-bond donors (Lipinski definition) is 2. The number of carbonyl (C=O) groups is 1. The number of amides is 1. The summed E-state index contributed by atoms with van der Waals surface area (Å²) in [5.74, 6) is 1.10. The van der Waals surface area contributed by atoms with Gasteiger partial charge in [0.05, 0.1) is 6.54 Å². The van der Waals surface area contributed by atoms with E-state index in [0.717, 1.165) is 10.6 Å². The summed E-state index contributed by atoms with van der Waals surface area (Å²) in [6, 6.07) is 9.83. The Morgan fingerprint density at radius 3 is 2.63 bits per heavy atom. The lowest BCUT2D eigenvalue weighted by atomic mass is 10.3. The van der Waals surface area contributed by atoms with Crippen LogP contribution in [0.1, 0.15) is 6.42 Å². The maximum Gasteiger partial charge on any atom is 0.401 e. The normalized spacial score (nSPS) is 17.4. The van der Waals surface area contributed by atoms with Crippen molar-refractivity contribution in [3.05, 3.63) is 30.3 Å². The highest BCUT2D eigenvalue weighted by molar-refractivity contribution is 14.0. The lowest BCUT2D eigenvalue weighted by Gasteiger charge is -2.20. The number of nitrogens with one attached hydrogen (secondary N) is 2. The minimum Gasteiger partial charge on any atom is -0.356 e. The van der Waals surface area contributed by atoms with E-state index < -0.39 is 12.7 Å². The topological polar surface area (TPSA) is 60.0 Å². The van der Waals surface area contributed by atoms with Crippen molar-refractivity contribution in [3.63, 3.8) is 0 Å². The molecule has 1 fully saturated rings. The van der Waals surface area contributed by atoms with E-state index in [1.54, 1.807) is 25.9 Å². The van der Waals surface area contributed by atoms with Crippen molar-refractivity contribution in [2.24, 2.45) is 4.99 Å². The number of carbonyl (C=O) groups excluding carboxylic acids is 1. The minimum atomic E-state index is -4.20. The van der Waals surface area contributed by atoms with Crippen molar-refractivity contribution >= 4 is 47.6 Å². The molecule has 0 bridgehead atoms. The average molecular weight is 559 g/mol. The van der Waals surface area contributed by atoms with E-state index in [9.17, 15) is 18.0 Å². The van der Waals surface area contributed by atoms with Crippen molar-refractivity contribution in [1.82, 2.24) is 20.4 Å². The number of aliphatic imine (C=N–C) groups is 1. The number of alkyl halides is 3. The number of halogens is 4. The third-order valence-corrected chi connectivity index (χ3v) is 5.31. The highest BCUT2D eigenvalue weighted by atomic mass is 127. The molecular formula is C19H29F3IN5OS. The highest BCUT2D eigenvalue weighted by Gasteiger charge is 2.34. The van der Waals surface area contributed by atoms with Crippen LogP contribution in [-0.4, -0.2) is 86.5 Å². The second-order valence-corrected chi connectivity index (χ2v) is 8.19. The first-order chi connectivity index (χ1) is 13.7. The van der Waals surface area contributed by atoms with Gasteiger partial charge in [-0.1, -0.05) is 18.2 Å². The highest BCUT2D eigenvalue weighted by Crippen LogP contribution is 2.20. The lowest BCUT2D eigenvalue weighted by Crippen LogP contribution is -2.46. The number of guanidine groups is 1. The predicted octanol–water partition coefficient (Wildman–Crippen LogP) is 2.66.